The molecule has 7 heteroatoms. The summed E-state index contributed by atoms with van der Waals surface area (Å²) in [4.78, 5) is 25.6. The molecule has 3 aromatic rings. The number of benzene rings is 3. The van der Waals surface area contributed by atoms with Gasteiger partial charge in [-0.15, -0.1) is 11.8 Å². The average molecular weight is 471 g/mol. The Morgan fingerprint density at radius 2 is 1.71 bits per heavy atom. The van der Waals surface area contributed by atoms with Crippen LogP contribution in [-0.4, -0.2) is 17.1 Å². The maximum absolute atomic E-state index is 12.6. The highest BCUT2D eigenvalue weighted by Crippen LogP contribution is 2.29. The number of amides is 2. The van der Waals surface area contributed by atoms with Gasteiger partial charge in [-0.1, -0.05) is 59.6 Å². The fourth-order valence-electron chi connectivity index (χ4n) is 2.65. The summed E-state index contributed by atoms with van der Waals surface area (Å²) in [5.41, 5.74) is 2.07. The first kappa shape index (κ1) is 22.9. The van der Waals surface area contributed by atoms with Crippen molar-refractivity contribution < 1.29 is 9.59 Å². The van der Waals surface area contributed by atoms with E-state index in [0.717, 1.165) is 10.5 Å². The molecule has 0 aliphatic heterocycles. The lowest BCUT2D eigenvalue weighted by atomic mass is 10.2. The normalized spacial score (nSPS) is 11.8. The number of carbonyl (C=O) groups is 2. The third-order valence-electron chi connectivity index (χ3n) is 4.20. The molecule has 1 unspecified atom stereocenters. The van der Waals surface area contributed by atoms with E-state index in [-0.39, 0.29) is 17.1 Å². The van der Waals surface area contributed by atoms with E-state index in [0.29, 0.717) is 21.4 Å². The standard InChI is InChI=1S/C24H20Cl2N2O2S/c1-16(24(30)28-22-14-18(25)11-12-21(22)26)31-20-9-5-8-19(15-20)27-23(29)13-10-17-6-3-2-4-7-17/h2-16H,1H3,(H,27,29)(H,28,30)/b13-10+. The summed E-state index contributed by atoms with van der Waals surface area (Å²) in [6.07, 6.45) is 3.24. The number of thioether (sulfide) groups is 1. The molecule has 0 saturated heterocycles. The molecule has 3 aromatic carbocycles. The Morgan fingerprint density at radius 3 is 2.48 bits per heavy atom. The summed E-state index contributed by atoms with van der Waals surface area (Å²) < 4.78 is 0. The lowest BCUT2D eigenvalue weighted by Crippen LogP contribution is -2.22. The zero-order valence-electron chi connectivity index (χ0n) is 16.6. The Bertz CT molecular complexity index is 1100. The van der Waals surface area contributed by atoms with Crippen LogP contribution in [0.5, 0.6) is 0 Å². The van der Waals surface area contributed by atoms with E-state index in [2.05, 4.69) is 10.6 Å². The van der Waals surface area contributed by atoms with Crippen LogP contribution < -0.4 is 10.6 Å². The zero-order chi connectivity index (χ0) is 22.2. The molecule has 1 atom stereocenters. The molecule has 0 fully saturated rings. The number of hydrogen-bond acceptors (Lipinski definition) is 3. The summed E-state index contributed by atoms with van der Waals surface area (Å²) in [5, 5.41) is 6.15. The van der Waals surface area contributed by atoms with Gasteiger partial charge in [-0.2, -0.15) is 0 Å². The van der Waals surface area contributed by atoms with Crippen LogP contribution in [0.15, 0.2) is 83.8 Å². The van der Waals surface area contributed by atoms with Gasteiger partial charge >= 0.3 is 0 Å². The number of hydrogen-bond donors (Lipinski definition) is 2. The molecule has 0 heterocycles. The lowest BCUT2D eigenvalue weighted by Gasteiger charge is -2.14. The van der Waals surface area contributed by atoms with Crippen molar-refractivity contribution in [1.29, 1.82) is 0 Å². The van der Waals surface area contributed by atoms with E-state index in [1.54, 1.807) is 37.3 Å². The van der Waals surface area contributed by atoms with Crippen molar-refractivity contribution in [3.63, 3.8) is 0 Å². The predicted octanol–water partition coefficient (Wildman–Crippen LogP) is 6.76. The van der Waals surface area contributed by atoms with Crippen LogP contribution in [0.25, 0.3) is 6.08 Å². The molecule has 0 spiro atoms. The third kappa shape index (κ3) is 7.17. The van der Waals surface area contributed by atoms with Gasteiger partial charge in [0.2, 0.25) is 11.8 Å². The Morgan fingerprint density at radius 1 is 0.935 bits per heavy atom. The van der Waals surface area contributed by atoms with Crippen LogP contribution in [0.2, 0.25) is 10.0 Å². The maximum Gasteiger partial charge on any atom is 0.248 e. The zero-order valence-corrected chi connectivity index (χ0v) is 19.0. The molecular formula is C24H20Cl2N2O2S. The van der Waals surface area contributed by atoms with Gasteiger partial charge in [-0.25, -0.2) is 0 Å². The molecule has 0 aromatic heterocycles. The molecular weight excluding hydrogens is 451 g/mol. The van der Waals surface area contributed by atoms with Crippen molar-refractivity contribution in [3.8, 4) is 0 Å². The fraction of sp³-hybridized carbons (Fsp3) is 0.0833. The summed E-state index contributed by atoms with van der Waals surface area (Å²) in [5.74, 6) is -0.429. The van der Waals surface area contributed by atoms with Gasteiger partial charge in [0, 0.05) is 21.7 Å². The van der Waals surface area contributed by atoms with E-state index < -0.39 is 0 Å². The SMILES string of the molecule is CC(Sc1cccc(NC(=O)/C=C/c2ccccc2)c1)C(=O)Nc1cc(Cl)ccc1Cl. The van der Waals surface area contributed by atoms with Gasteiger partial charge < -0.3 is 10.6 Å². The average Bonchev–Trinajstić information content (AvgIpc) is 2.76. The van der Waals surface area contributed by atoms with Crippen LogP contribution in [0, 0.1) is 0 Å². The largest absolute Gasteiger partial charge is 0.324 e. The van der Waals surface area contributed by atoms with Crippen LogP contribution in [-0.2, 0) is 9.59 Å². The van der Waals surface area contributed by atoms with Crippen LogP contribution in [0.4, 0.5) is 11.4 Å². The van der Waals surface area contributed by atoms with E-state index in [4.69, 9.17) is 23.2 Å². The first-order chi connectivity index (χ1) is 14.9. The van der Waals surface area contributed by atoms with Crippen molar-refractivity contribution in [3.05, 3.63) is 94.5 Å². The highest BCUT2D eigenvalue weighted by atomic mass is 35.5. The Kier molecular flexibility index (Phi) is 8.18. The summed E-state index contributed by atoms with van der Waals surface area (Å²) >= 11 is 13.5. The van der Waals surface area contributed by atoms with Crippen LogP contribution in [0.1, 0.15) is 12.5 Å². The summed E-state index contributed by atoms with van der Waals surface area (Å²) in [6, 6.07) is 21.8. The van der Waals surface area contributed by atoms with Crippen LogP contribution in [0.3, 0.4) is 0 Å². The highest BCUT2D eigenvalue weighted by Gasteiger charge is 2.16. The molecule has 0 aliphatic rings. The number of rotatable bonds is 7. The second-order valence-electron chi connectivity index (χ2n) is 6.63. The minimum Gasteiger partial charge on any atom is -0.324 e. The van der Waals surface area contributed by atoms with Gasteiger partial charge in [-0.3, -0.25) is 9.59 Å². The molecule has 158 valence electrons. The second kappa shape index (κ2) is 11.0. The van der Waals surface area contributed by atoms with Crippen molar-refractivity contribution in [2.45, 2.75) is 17.1 Å². The molecule has 0 aliphatic carbocycles. The Hall–Kier alpha value is -2.73. The molecule has 3 rings (SSSR count). The third-order valence-corrected chi connectivity index (χ3v) is 5.86. The van der Waals surface area contributed by atoms with Gasteiger partial charge in [-0.05, 0) is 55.0 Å². The molecule has 4 nitrogen and oxygen atoms in total. The van der Waals surface area contributed by atoms with Gasteiger partial charge in [0.15, 0.2) is 0 Å². The van der Waals surface area contributed by atoms with Crippen molar-refractivity contribution in [2.75, 3.05) is 10.6 Å². The van der Waals surface area contributed by atoms with Gasteiger partial charge in [0.25, 0.3) is 0 Å². The minimum atomic E-state index is -0.390. The predicted molar refractivity (Wildman–Crippen MR) is 131 cm³/mol. The molecule has 0 saturated carbocycles. The quantitative estimate of drug-likeness (QED) is 0.296. The van der Waals surface area contributed by atoms with Crippen molar-refractivity contribution in [2.24, 2.45) is 0 Å². The summed E-state index contributed by atoms with van der Waals surface area (Å²) in [6.45, 7) is 1.80. The first-order valence-electron chi connectivity index (χ1n) is 9.47. The monoisotopic (exact) mass is 470 g/mol. The smallest absolute Gasteiger partial charge is 0.248 e. The lowest BCUT2D eigenvalue weighted by molar-refractivity contribution is -0.115. The number of carbonyl (C=O) groups excluding carboxylic acids is 2. The van der Waals surface area contributed by atoms with E-state index >= 15 is 0 Å². The van der Waals surface area contributed by atoms with E-state index in [9.17, 15) is 9.59 Å². The number of nitrogens with one attached hydrogen (secondary N) is 2. The molecule has 2 N–H and O–H groups in total. The second-order valence-corrected chi connectivity index (χ2v) is 8.89. The van der Waals surface area contributed by atoms with Gasteiger partial charge in [0.1, 0.15) is 0 Å². The molecule has 0 bridgehead atoms. The Balaban J connectivity index is 1.59. The Labute approximate surface area is 195 Å². The number of anilines is 2. The topological polar surface area (TPSA) is 58.2 Å². The molecule has 2 amide bonds. The van der Waals surface area contributed by atoms with Gasteiger partial charge in [0.05, 0.1) is 16.0 Å². The minimum absolute atomic E-state index is 0.200. The van der Waals surface area contributed by atoms with Crippen LogP contribution >= 0.6 is 35.0 Å². The summed E-state index contributed by atoms with van der Waals surface area (Å²) in [7, 11) is 0. The fourth-order valence-corrected chi connectivity index (χ4v) is 3.92. The number of halogens is 2. The first-order valence-corrected chi connectivity index (χ1v) is 11.1. The molecule has 31 heavy (non-hydrogen) atoms. The van der Waals surface area contributed by atoms with Crippen molar-refractivity contribution in [1.82, 2.24) is 0 Å². The molecule has 0 radical (unpaired) electrons. The van der Waals surface area contributed by atoms with E-state index in [1.807, 2.05) is 48.5 Å². The maximum atomic E-state index is 12.6. The van der Waals surface area contributed by atoms with Crippen molar-refractivity contribution >= 4 is 64.2 Å². The van der Waals surface area contributed by atoms with E-state index in [1.165, 1.54) is 17.8 Å². The highest BCUT2D eigenvalue weighted by molar-refractivity contribution is 8.00.